The first kappa shape index (κ1) is 11.7. The number of halogens is 3. The molecule has 0 aromatic rings. The highest BCUT2D eigenvalue weighted by atomic mass is 32.2. The van der Waals surface area contributed by atoms with Gasteiger partial charge in [-0.2, -0.15) is 13.2 Å². The number of allylic oxidation sites excluding steroid dienone is 1. The van der Waals surface area contributed by atoms with Gasteiger partial charge in [-0.05, 0) is 0 Å². The van der Waals surface area contributed by atoms with E-state index in [1.165, 1.54) is 0 Å². The zero-order valence-electron chi connectivity index (χ0n) is 6.94. The second-order valence-electron chi connectivity index (χ2n) is 1.70. The molecule has 0 bridgehead atoms. The van der Waals surface area contributed by atoms with E-state index in [0.29, 0.717) is 5.75 Å². The second kappa shape index (κ2) is 5.35. The second-order valence-corrected chi connectivity index (χ2v) is 2.68. The fourth-order valence-corrected chi connectivity index (χ4v) is 1.17. The smallest absolute Gasteiger partial charge is 0.449 e. The predicted molar refractivity (Wildman–Crippen MR) is 43.9 cm³/mol. The molecular weight excluding hydrogens is 189 g/mol. The fourth-order valence-electron chi connectivity index (χ4n) is 0.517. The first-order valence-corrected chi connectivity index (χ1v) is 4.67. The van der Waals surface area contributed by atoms with E-state index in [4.69, 9.17) is 0 Å². The summed E-state index contributed by atoms with van der Waals surface area (Å²) in [5, 5.41) is 1.00. The lowest BCUT2D eigenvalue weighted by Crippen LogP contribution is -2.17. The molecule has 0 amide bonds. The van der Waals surface area contributed by atoms with Crippen LogP contribution >= 0.6 is 11.8 Å². The first-order valence-electron chi connectivity index (χ1n) is 3.62. The van der Waals surface area contributed by atoms with Crippen LogP contribution in [0.2, 0.25) is 0 Å². The minimum absolute atomic E-state index is 0.149. The van der Waals surface area contributed by atoms with Gasteiger partial charge in [-0.25, -0.2) is 0 Å². The SMILES string of the molecule is CC.FC(F)(F)C1=CSCCO1. The Hall–Kier alpha value is -0.320. The maximum Gasteiger partial charge on any atom is 0.449 e. The molecule has 0 saturated carbocycles. The van der Waals surface area contributed by atoms with E-state index in [0.717, 1.165) is 17.2 Å². The van der Waals surface area contributed by atoms with Crippen molar-refractivity contribution in [3.8, 4) is 0 Å². The average molecular weight is 200 g/mol. The van der Waals surface area contributed by atoms with Crippen LogP contribution in [0.15, 0.2) is 11.2 Å². The normalized spacial score (nSPS) is 16.9. The van der Waals surface area contributed by atoms with Gasteiger partial charge in [-0.3, -0.25) is 0 Å². The maximum absolute atomic E-state index is 11.7. The highest BCUT2D eigenvalue weighted by molar-refractivity contribution is 8.02. The number of thioether (sulfide) groups is 1. The molecular formula is C7H11F3OS. The molecule has 0 aromatic heterocycles. The molecule has 0 aliphatic carbocycles. The summed E-state index contributed by atoms with van der Waals surface area (Å²) in [6.07, 6.45) is -4.31. The lowest BCUT2D eigenvalue weighted by Gasteiger charge is -2.16. The summed E-state index contributed by atoms with van der Waals surface area (Å²) in [6.45, 7) is 4.15. The van der Waals surface area contributed by atoms with E-state index < -0.39 is 11.9 Å². The lowest BCUT2D eigenvalue weighted by atomic mass is 10.5. The summed E-state index contributed by atoms with van der Waals surface area (Å²) in [5.74, 6) is -0.275. The van der Waals surface area contributed by atoms with Crippen LogP contribution in [-0.4, -0.2) is 18.5 Å². The Morgan fingerprint density at radius 2 is 2.00 bits per heavy atom. The van der Waals surface area contributed by atoms with Gasteiger partial charge in [0.05, 0.1) is 6.61 Å². The largest absolute Gasteiger partial charge is 0.488 e. The van der Waals surface area contributed by atoms with E-state index in [-0.39, 0.29) is 6.61 Å². The highest BCUT2D eigenvalue weighted by Crippen LogP contribution is 2.30. The van der Waals surface area contributed by atoms with Crippen molar-refractivity contribution in [3.05, 3.63) is 11.2 Å². The van der Waals surface area contributed by atoms with Crippen molar-refractivity contribution >= 4 is 11.8 Å². The van der Waals surface area contributed by atoms with Crippen LogP contribution in [0.4, 0.5) is 13.2 Å². The summed E-state index contributed by atoms with van der Waals surface area (Å²) in [6, 6.07) is 0. The molecule has 1 heterocycles. The van der Waals surface area contributed by atoms with Gasteiger partial charge in [-0.1, -0.05) is 13.8 Å². The highest BCUT2D eigenvalue weighted by Gasteiger charge is 2.36. The van der Waals surface area contributed by atoms with Gasteiger partial charge in [0, 0.05) is 11.2 Å². The maximum atomic E-state index is 11.7. The summed E-state index contributed by atoms with van der Waals surface area (Å²) in [7, 11) is 0. The Labute approximate surface area is 74.0 Å². The van der Waals surface area contributed by atoms with Gasteiger partial charge in [-0.15, -0.1) is 11.8 Å². The molecule has 5 heteroatoms. The zero-order valence-corrected chi connectivity index (χ0v) is 7.76. The molecule has 0 fully saturated rings. The fraction of sp³-hybridized carbons (Fsp3) is 0.714. The average Bonchev–Trinajstić information content (AvgIpc) is 2.08. The van der Waals surface area contributed by atoms with Crippen LogP contribution in [0.3, 0.4) is 0 Å². The molecule has 0 radical (unpaired) electrons. The Morgan fingerprint density at radius 1 is 1.42 bits per heavy atom. The zero-order chi connectivity index (χ0) is 9.61. The van der Waals surface area contributed by atoms with Crippen LogP contribution in [0.1, 0.15) is 13.8 Å². The van der Waals surface area contributed by atoms with Crippen LogP contribution in [-0.2, 0) is 4.74 Å². The summed E-state index contributed by atoms with van der Waals surface area (Å²) in [4.78, 5) is 0. The van der Waals surface area contributed by atoms with Gasteiger partial charge in [0.1, 0.15) is 0 Å². The van der Waals surface area contributed by atoms with Crippen molar-refractivity contribution in [2.45, 2.75) is 20.0 Å². The van der Waals surface area contributed by atoms with Gasteiger partial charge in [0.15, 0.2) is 0 Å². The lowest BCUT2D eigenvalue weighted by molar-refractivity contribution is -0.129. The van der Waals surface area contributed by atoms with Crippen LogP contribution in [0.25, 0.3) is 0 Å². The number of rotatable bonds is 0. The van der Waals surface area contributed by atoms with Crippen molar-refractivity contribution in [1.29, 1.82) is 0 Å². The number of hydrogen-bond donors (Lipinski definition) is 0. The summed E-state index contributed by atoms with van der Waals surface area (Å²) >= 11 is 1.12. The van der Waals surface area contributed by atoms with Gasteiger partial charge in [0.25, 0.3) is 0 Å². The third-order valence-electron chi connectivity index (χ3n) is 0.929. The third kappa shape index (κ3) is 3.90. The quantitative estimate of drug-likeness (QED) is 0.594. The molecule has 0 saturated heterocycles. The topological polar surface area (TPSA) is 9.23 Å². The molecule has 12 heavy (non-hydrogen) atoms. The molecule has 0 unspecified atom stereocenters. The standard InChI is InChI=1S/C5H5F3OS.C2H6/c6-5(7,8)4-3-10-2-1-9-4;1-2/h3H,1-2H2;1-2H3. The van der Waals surface area contributed by atoms with E-state index in [2.05, 4.69) is 4.74 Å². The van der Waals surface area contributed by atoms with Crippen LogP contribution in [0, 0.1) is 0 Å². The molecule has 1 aliphatic heterocycles. The van der Waals surface area contributed by atoms with E-state index in [1.54, 1.807) is 0 Å². The number of alkyl halides is 3. The molecule has 0 spiro atoms. The molecule has 1 aliphatic rings. The van der Waals surface area contributed by atoms with Crippen molar-refractivity contribution in [1.82, 2.24) is 0 Å². The molecule has 0 aromatic carbocycles. The van der Waals surface area contributed by atoms with Crippen molar-refractivity contribution in [3.63, 3.8) is 0 Å². The first-order chi connectivity index (χ1) is 5.61. The van der Waals surface area contributed by atoms with Crippen LogP contribution in [0.5, 0.6) is 0 Å². The van der Waals surface area contributed by atoms with Crippen LogP contribution < -0.4 is 0 Å². The van der Waals surface area contributed by atoms with Gasteiger partial charge in [0.2, 0.25) is 5.76 Å². The van der Waals surface area contributed by atoms with Crippen molar-refractivity contribution in [2.24, 2.45) is 0 Å². The third-order valence-corrected chi connectivity index (χ3v) is 1.71. The molecule has 0 N–H and O–H groups in total. The molecule has 1 rings (SSSR count). The Kier molecular flexibility index (Phi) is 5.20. The summed E-state index contributed by atoms with van der Waals surface area (Å²) in [5.41, 5.74) is 0. The van der Waals surface area contributed by atoms with Gasteiger partial charge < -0.3 is 4.74 Å². The Bertz CT molecular complexity index is 153. The Balaban J connectivity index is 0.000000561. The number of ether oxygens (including phenoxy) is 1. The number of hydrogen-bond acceptors (Lipinski definition) is 2. The monoisotopic (exact) mass is 200 g/mol. The minimum atomic E-state index is -4.31. The van der Waals surface area contributed by atoms with Crippen molar-refractivity contribution in [2.75, 3.05) is 12.4 Å². The van der Waals surface area contributed by atoms with E-state index in [9.17, 15) is 13.2 Å². The molecule has 0 atom stereocenters. The van der Waals surface area contributed by atoms with Gasteiger partial charge >= 0.3 is 6.18 Å². The Morgan fingerprint density at radius 3 is 2.25 bits per heavy atom. The molecule has 1 nitrogen and oxygen atoms in total. The van der Waals surface area contributed by atoms with Crippen molar-refractivity contribution < 1.29 is 17.9 Å². The predicted octanol–water partition coefficient (Wildman–Crippen LogP) is 3.18. The van der Waals surface area contributed by atoms with E-state index >= 15 is 0 Å². The summed E-state index contributed by atoms with van der Waals surface area (Å²) < 4.78 is 39.6. The molecule has 72 valence electrons. The van der Waals surface area contributed by atoms with E-state index in [1.807, 2.05) is 13.8 Å². The minimum Gasteiger partial charge on any atom is -0.488 e.